The summed E-state index contributed by atoms with van der Waals surface area (Å²) in [5, 5.41) is 3.42. The third kappa shape index (κ3) is 3.13. The Balaban J connectivity index is 1.72. The molecule has 0 aliphatic carbocycles. The minimum absolute atomic E-state index is 0.177. The fraction of sp³-hybridized carbons (Fsp3) is 0.562. The Labute approximate surface area is 125 Å². The Hall–Kier alpha value is -1.75. The van der Waals surface area contributed by atoms with E-state index in [-0.39, 0.29) is 12.1 Å². The number of ether oxygens (including phenoxy) is 2. The van der Waals surface area contributed by atoms with Gasteiger partial charge < -0.3 is 14.8 Å². The van der Waals surface area contributed by atoms with Gasteiger partial charge in [-0.1, -0.05) is 12.1 Å². The van der Waals surface area contributed by atoms with Crippen molar-refractivity contribution in [1.82, 2.24) is 10.2 Å². The van der Waals surface area contributed by atoms with Gasteiger partial charge in [0.15, 0.2) is 0 Å². The monoisotopic (exact) mass is 290 g/mol. The maximum absolute atomic E-state index is 12.0. The number of nitrogens with zero attached hydrogens (tertiary/aromatic N) is 1. The van der Waals surface area contributed by atoms with Gasteiger partial charge in [0.1, 0.15) is 12.4 Å². The van der Waals surface area contributed by atoms with Gasteiger partial charge in [0.05, 0.1) is 13.2 Å². The Morgan fingerprint density at radius 2 is 2.38 bits per heavy atom. The summed E-state index contributed by atoms with van der Waals surface area (Å²) >= 11 is 0. The van der Waals surface area contributed by atoms with Crippen LogP contribution in [-0.4, -0.2) is 43.8 Å². The van der Waals surface area contributed by atoms with Crippen LogP contribution in [0.3, 0.4) is 0 Å². The summed E-state index contributed by atoms with van der Waals surface area (Å²) in [6.45, 7) is 3.14. The van der Waals surface area contributed by atoms with Crippen molar-refractivity contribution in [3.63, 3.8) is 0 Å². The largest absolute Gasteiger partial charge is 0.497 e. The quantitative estimate of drug-likeness (QED) is 0.921. The van der Waals surface area contributed by atoms with Crippen molar-refractivity contribution in [3.8, 4) is 5.75 Å². The molecule has 2 heterocycles. The summed E-state index contributed by atoms with van der Waals surface area (Å²) in [4.78, 5) is 13.9. The van der Waals surface area contributed by atoms with E-state index in [4.69, 9.17) is 9.47 Å². The van der Waals surface area contributed by atoms with Gasteiger partial charge in [-0.3, -0.25) is 4.90 Å². The zero-order valence-electron chi connectivity index (χ0n) is 12.4. The standard InChI is InChI=1S/C16H22N2O3/c1-20-14-6-2-4-12(8-14)10-18-15(11-21-16(18)19)13-5-3-7-17-9-13/h2,4,6,8,13,15,17H,3,5,7,9-11H2,1H3. The van der Waals surface area contributed by atoms with Gasteiger partial charge in [-0.15, -0.1) is 0 Å². The van der Waals surface area contributed by atoms with Gasteiger partial charge in [-0.2, -0.15) is 0 Å². The van der Waals surface area contributed by atoms with Gasteiger partial charge >= 0.3 is 6.09 Å². The molecular formula is C16H22N2O3. The summed E-state index contributed by atoms with van der Waals surface area (Å²) in [6, 6.07) is 8.03. The number of methoxy groups -OCH3 is 1. The van der Waals surface area contributed by atoms with E-state index in [1.807, 2.05) is 29.2 Å². The van der Waals surface area contributed by atoms with Gasteiger partial charge in [0.2, 0.25) is 0 Å². The zero-order chi connectivity index (χ0) is 14.7. The highest BCUT2D eigenvalue weighted by Gasteiger charge is 2.38. The van der Waals surface area contributed by atoms with Crippen LogP contribution in [0.25, 0.3) is 0 Å². The molecule has 5 heteroatoms. The van der Waals surface area contributed by atoms with E-state index in [0.29, 0.717) is 19.1 Å². The van der Waals surface area contributed by atoms with E-state index >= 15 is 0 Å². The molecule has 0 saturated carbocycles. The number of piperidine rings is 1. The molecule has 2 aliphatic heterocycles. The Kier molecular flexibility index (Phi) is 4.29. The first-order valence-corrected chi connectivity index (χ1v) is 7.55. The van der Waals surface area contributed by atoms with E-state index < -0.39 is 0 Å². The molecule has 0 radical (unpaired) electrons. The van der Waals surface area contributed by atoms with Crippen molar-refractivity contribution in [2.24, 2.45) is 5.92 Å². The summed E-state index contributed by atoms with van der Waals surface area (Å²) in [7, 11) is 1.65. The Morgan fingerprint density at radius 3 is 3.14 bits per heavy atom. The van der Waals surface area contributed by atoms with Crippen LogP contribution >= 0.6 is 0 Å². The second-order valence-electron chi connectivity index (χ2n) is 5.73. The van der Waals surface area contributed by atoms with E-state index in [9.17, 15) is 4.79 Å². The molecule has 21 heavy (non-hydrogen) atoms. The molecule has 0 spiro atoms. The number of cyclic esters (lactones) is 1. The van der Waals surface area contributed by atoms with Crippen LogP contribution in [0.5, 0.6) is 5.75 Å². The predicted molar refractivity (Wildman–Crippen MR) is 79.3 cm³/mol. The van der Waals surface area contributed by atoms with Crippen molar-refractivity contribution >= 4 is 6.09 Å². The molecular weight excluding hydrogens is 268 g/mol. The van der Waals surface area contributed by atoms with Gasteiger partial charge in [0.25, 0.3) is 0 Å². The lowest BCUT2D eigenvalue weighted by Crippen LogP contribution is -2.45. The van der Waals surface area contributed by atoms with Crippen molar-refractivity contribution in [2.75, 3.05) is 26.8 Å². The molecule has 3 rings (SSSR count). The number of nitrogens with one attached hydrogen (secondary N) is 1. The van der Waals surface area contributed by atoms with Crippen LogP contribution in [0.4, 0.5) is 4.79 Å². The first kappa shape index (κ1) is 14.2. The summed E-state index contributed by atoms with van der Waals surface area (Å²) < 4.78 is 10.5. The molecule has 0 bridgehead atoms. The van der Waals surface area contributed by atoms with E-state index in [1.54, 1.807) is 7.11 Å². The number of amides is 1. The molecule has 2 fully saturated rings. The normalized spacial score (nSPS) is 25.8. The second-order valence-corrected chi connectivity index (χ2v) is 5.73. The average molecular weight is 290 g/mol. The average Bonchev–Trinajstić information content (AvgIpc) is 2.89. The highest BCUT2D eigenvalue weighted by Crippen LogP contribution is 2.27. The third-order valence-corrected chi connectivity index (χ3v) is 4.38. The van der Waals surface area contributed by atoms with Crippen LogP contribution in [0.2, 0.25) is 0 Å². The molecule has 1 N–H and O–H groups in total. The molecule has 5 nitrogen and oxygen atoms in total. The fourth-order valence-electron chi connectivity index (χ4n) is 3.21. The fourth-order valence-corrected chi connectivity index (χ4v) is 3.21. The van der Waals surface area contributed by atoms with E-state index in [2.05, 4.69) is 5.32 Å². The molecule has 1 aromatic carbocycles. The lowest BCUT2D eigenvalue weighted by Gasteiger charge is -2.32. The van der Waals surface area contributed by atoms with Gasteiger partial charge in [0, 0.05) is 13.1 Å². The SMILES string of the molecule is COc1cccc(CN2C(=O)OCC2C2CCCNC2)c1. The topological polar surface area (TPSA) is 50.8 Å². The smallest absolute Gasteiger partial charge is 0.410 e. The van der Waals surface area contributed by atoms with Crippen molar-refractivity contribution in [3.05, 3.63) is 29.8 Å². The number of benzene rings is 1. The molecule has 2 aliphatic rings. The van der Waals surface area contributed by atoms with E-state index in [0.717, 1.165) is 30.8 Å². The maximum atomic E-state index is 12.0. The summed E-state index contributed by atoms with van der Waals surface area (Å²) in [5.74, 6) is 1.30. The molecule has 114 valence electrons. The minimum atomic E-state index is -0.201. The Bertz CT molecular complexity index is 500. The highest BCUT2D eigenvalue weighted by atomic mass is 16.6. The molecule has 2 atom stereocenters. The molecule has 2 unspecified atom stereocenters. The second kappa shape index (κ2) is 6.35. The van der Waals surface area contributed by atoms with Crippen LogP contribution in [-0.2, 0) is 11.3 Å². The summed E-state index contributed by atoms with van der Waals surface area (Å²) in [6.07, 6.45) is 2.12. The lowest BCUT2D eigenvalue weighted by molar-refractivity contribution is 0.152. The summed E-state index contributed by atoms with van der Waals surface area (Å²) in [5.41, 5.74) is 1.07. The molecule has 0 aromatic heterocycles. The van der Waals surface area contributed by atoms with Crippen LogP contribution in [0.15, 0.2) is 24.3 Å². The molecule has 2 saturated heterocycles. The number of carbonyl (C=O) groups excluding carboxylic acids is 1. The number of rotatable bonds is 4. The number of hydrogen-bond donors (Lipinski definition) is 1. The number of hydrogen-bond acceptors (Lipinski definition) is 4. The van der Waals surface area contributed by atoms with E-state index in [1.165, 1.54) is 6.42 Å². The first-order valence-electron chi connectivity index (χ1n) is 7.55. The van der Waals surface area contributed by atoms with Gasteiger partial charge in [-0.25, -0.2) is 4.79 Å². The highest BCUT2D eigenvalue weighted by molar-refractivity contribution is 5.70. The molecule has 1 amide bonds. The van der Waals surface area contributed by atoms with Crippen LogP contribution in [0.1, 0.15) is 18.4 Å². The first-order chi connectivity index (χ1) is 10.3. The number of carbonyl (C=O) groups is 1. The zero-order valence-corrected chi connectivity index (χ0v) is 12.4. The predicted octanol–water partition coefficient (Wildman–Crippen LogP) is 2.02. The van der Waals surface area contributed by atoms with Crippen molar-refractivity contribution < 1.29 is 14.3 Å². The third-order valence-electron chi connectivity index (χ3n) is 4.38. The van der Waals surface area contributed by atoms with Crippen molar-refractivity contribution in [2.45, 2.75) is 25.4 Å². The minimum Gasteiger partial charge on any atom is -0.497 e. The Morgan fingerprint density at radius 1 is 1.48 bits per heavy atom. The van der Waals surface area contributed by atoms with Crippen LogP contribution < -0.4 is 10.1 Å². The molecule has 1 aromatic rings. The van der Waals surface area contributed by atoms with Gasteiger partial charge in [-0.05, 0) is 43.0 Å². The van der Waals surface area contributed by atoms with Crippen LogP contribution in [0, 0.1) is 5.92 Å². The van der Waals surface area contributed by atoms with Crippen molar-refractivity contribution in [1.29, 1.82) is 0 Å². The maximum Gasteiger partial charge on any atom is 0.410 e. The lowest BCUT2D eigenvalue weighted by atomic mass is 9.91.